The molecule has 2 aromatic carbocycles. The van der Waals surface area contributed by atoms with Gasteiger partial charge in [-0.05, 0) is 55.3 Å². The molecule has 1 aliphatic rings. The summed E-state index contributed by atoms with van der Waals surface area (Å²) in [6.07, 6.45) is 0.888. The Balaban J connectivity index is 1.53. The van der Waals surface area contributed by atoms with Crippen molar-refractivity contribution < 1.29 is 19.1 Å². The SMILES string of the molecule is COc1cccc(CCNC(=O)C2CC(=O)N(c3ccc(C(C)=O)cc3)C2)c1. The highest BCUT2D eigenvalue weighted by molar-refractivity contribution is 6.01. The molecule has 0 bridgehead atoms. The van der Waals surface area contributed by atoms with Crippen molar-refractivity contribution in [1.82, 2.24) is 5.32 Å². The van der Waals surface area contributed by atoms with Gasteiger partial charge < -0.3 is 15.0 Å². The van der Waals surface area contributed by atoms with E-state index in [9.17, 15) is 14.4 Å². The van der Waals surface area contributed by atoms with Gasteiger partial charge in [-0.15, -0.1) is 0 Å². The summed E-state index contributed by atoms with van der Waals surface area (Å²) in [6.45, 7) is 2.36. The third kappa shape index (κ3) is 4.57. The number of methoxy groups -OCH3 is 1. The van der Waals surface area contributed by atoms with Crippen molar-refractivity contribution in [2.75, 3.05) is 25.1 Å². The van der Waals surface area contributed by atoms with Crippen molar-refractivity contribution in [2.45, 2.75) is 19.8 Å². The molecule has 3 rings (SSSR count). The van der Waals surface area contributed by atoms with E-state index in [0.717, 1.165) is 11.3 Å². The Morgan fingerprint density at radius 1 is 1.18 bits per heavy atom. The van der Waals surface area contributed by atoms with Crippen LogP contribution in [-0.4, -0.2) is 37.8 Å². The maximum absolute atomic E-state index is 12.5. The second-order valence-electron chi connectivity index (χ2n) is 6.90. The molecule has 1 heterocycles. The Morgan fingerprint density at radius 3 is 2.61 bits per heavy atom. The summed E-state index contributed by atoms with van der Waals surface area (Å²) >= 11 is 0. The molecule has 28 heavy (non-hydrogen) atoms. The monoisotopic (exact) mass is 380 g/mol. The van der Waals surface area contributed by atoms with Gasteiger partial charge in [-0.25, -0.2) is 0 Å². The number of rotatable bonds is 7. The van der Waals surface area contributed by atoms with Crippen LogP contribution in [0.1, 0.15) is 29.3 Å². The van der Waals surface area contributed by atoms with Gasteiger partial charge in [0, 0.05) is 30.8 Å². The van der Waals surface area contributed by atoms with E-state index >= 15 is 0 Å². The number of hydrogen-bond acceptors (Lipinski definition) is 4. The van der Waals surface area contributed by atoms with Crippen LogP contribution in [0, 0.1) is 5.92 Å². The van der Waals surface area contributed by atoms with Gasteiger partial charge in [-0.2, -0.15) is 0 Å². The molecule has 2 aromatic rings. The topological polar surface area (TPSA) is 75.7 Å². The molecule has 146 valence electrons. The van der Waals surface area contributed by atoms with Crippen LogP contribution in [0.2, 0.25) is 0 Å². The average molecular weight is 380 g/mol. The first-order valence-corrected chi connectivity index (χ1v) is 9.30. The number of amides is 2. The number of carbonyl (C=O) groups is 3. The quantitative estimate of drug-likeness (QED) is 0.749. The molecular weight excluding hydrogens is 356 g/mol. The second kappa shape index (κ2) is 8.69. The van der Waals surface area contributed by atoms with Crippen molar-refractivity contribution in [1.29, 1.82) is 0 Å². The van der Waals surface area contributed by atoms with Crippen molar-refractivity contribution in [3.05, 3.63) is 59.7 Å². The normalized spacial score (nSPS) is 16.1. The van der Waals surface area contributed by atoms with Crippen LogP contribution >= 0.6 is 0 Å². The number of ether oxygens (including phenoxy) is 1. The molecule has 6 nitrogen and oxygen atoms in total. The van der Waals surface area contributed by atoms with Crippen LogP contribution in [0.5, 0.6) is 5.75 Å². The fourth-order valence-corrected chi connectivity index (χ4v) is 3.31. The molecule has 0 aromatic heterocycles. The van der Waals surface area contributed by atoms with Crippen LogP contribution in [0.25, 0.3) is 0 Å². The van der Waals surface area contributed by atoms with Crippen molar-refractivity contribution in [3.8, 4) is 5.75 Å². The van der Waals surface area contributed by atoms with Crippen LogP contribution in [0.4, 0.5) is 5.69 Å². The Hall–Kier alpha value is -3.15. The zero-order valence-corrected chi connectivity index (χ0v) is 16.1. The van der Waals surface area contributed by atoms with E-state index in [2.05, 4.69) is 5.32 Å². The summed E-state index contributed by atoms with van der Waals surface area (Å²) in [5.41, 5.74) is 2.39. The molecular formula is C22H24N2O4. The van der Waals surface area contributed by atoms with E-state index in [1.807, 2.05) is 24.3 Å². The van der Waals surface area contributed by atoms with Crippen LogP contribution in [-0.2, 0) is 16.0 Å². The van der Waals surface area contributed by atoms with Crippen LogP contribution < -0.4 is 15.0 Å². The molecule has 2 amide bonds. The molecule has 1 aliphatic heterocycles. The lowest BCUT2D eigenvalue weighted by Gasteiger charge is -2.17. The molecule has 1 atom stereocenters. The predicted molar refractivity (Wildman–Crippen MR) is 107 cm³/mol. The van der Waals surface area contributed by atoms with E-state index in [-0.39, 0.29) is 29.9 Å². The highest BCUT2D eigenvalue weighted by Gasteiger charge is 2.34. The van der Waals surface area contributed by atoms with Gasteiger partial charge in [0.15, 0.2) is 5.78 Å². The zero-order chi connectivity index (χ0) is 20.1. The average Bonchev–Trinajstić information content (AvgIpc) is 3.10. The molecule has 1 unspecified atom stereocenters. The number of carbonyl (C=O) groups excluding carboxylic acids is 3. The summed E-state index contributed by atoms with van der Waals surface area (Å²) in [7, 11) is 1.62. The first-order chi connectivity index (χ1) is 13.5. The highest BCUT2D eigenvalue weighted by atomic mass is 16.5. The molecule has 0 saturated carbocycles. The second-order valence-corrected chi connectivity index (χ2v) is 6.90. The van der Waals surface area contributed by atoms with Crippen molar-refractivity contribution in [2.24, 2.45) is 5.92 Å². The Labute approximate surface area is 164 Å². The van der Waals surface area contributed by atoms with E-state index < -0.39 is 0 Å². The summed E-state index contributed by atoms with van der Waals surface area (Å²) < 4.78 is 5.20. The predicted octanol–water partition coefficient (Wildman–Crippen LogP) is 2.61. The van der Waals surface area contributed by atoms with Gasteiger partial charge in [0.05, 0.1) is 13.0 Å². The fraction of sp³-hybridized carbons (Fsp3) is 0.318. The zero-order valence-electron chi connectivity index (χ0n) is 16.1. The minimum Gasteiger partial charge on any atom is -0.497 e. The van der Waals surface area contributed by atoms with Crippen molar-refractivity contribution >= 4 is 23.3 Å². The van der Waals surface area contributed by atoms with Gasteiger partial charge in [0.25, 0.3) is 0 Å². The van der Waals surface area contributed by atoms with Gasteiger partial charge in [-0.3, -0.25) is 14.4 Å². The Morgan fingerprint density at radius 2 is 1.93 bits per heavy atom. The molecule has 1 saturated heterocycles. The van der Waals surface area contributed by atoms with Crippen LogP contribution in [0.15, 0.2) is 48.5 Å². The number of anilines is 1. The Kier molecular flexibility index (Phi) is 6.09. The number of nitrogens with zero attached hydrogens (tertiary/aromatic N) is 1. The number of hydrogen-bond donors (Lipinski definition) is 1. The number of benzene rings is 2. The minimum absolute atomic E-state index is 0.0208. The van der Waals surface area contributed by atoms with E-state index in [4.69, 9.17) is 4.74 Å². The lowest BCUT2D eigenvalue weighted by molar-refractivity contribution is -0.126. The number of nitrogens with one attached hydrogen (secondary N) is 1. The van der Waals surface area contributed by atoms with Gasteiger partial charge in [0.2, 0.25) is 11.8 Å². The highest BCUT2D eigenvalue weighted by Crippen LogP contribution is 2.25. The van der Waals surface area contributed by atoms with Crippen LogP contribution in [0.3, 0.4) is 0 Å². The maximum Gasteiger partial charge on any atom is 0.227 e. The first-order valence-electron chi connectivity index (χ1n) is 9.30. The third-order valence-electron chi connectivity index (χ3n) is 4.93. The maximum atomic E-state index is 12.5. The fourth-order valence-electron chi connectivity index (χ4n) is 3.31. The molecule has 0 spiro atoms. The summed E-state index contributed by atoms with van der Waals surface area (Å²) in [5.74, 6) is 0.206. The summed E-state index contributed by atoms with van der Waals surface area (Å²) in [6, 6.07) is 14.6. The minimum atomic E-state index is -0.370. The smallest absolute Gasteiger partial charge is 0.227 e. The lowest BCUT2D eigenvalue weighted by Crippen LogP contribution is -2.34. The van der Waals surface area contributed by atoms with E-state index in [0.29, 0.717) is 30.8 Å². The van der Waals surface area contributed by atoms with Gasteiger partial charge in [0.1, 0.15) is 5.75 Å². The van der Waals surface area contributed by atoms with Gasteiger partial charge in [-0.1, -0.05) is 12.1 Å². The molecule has 0 radical (unpaired) electrons. The first kappa shape index (κ1) is 19.6. The Bertz CT molecular complexity index is 876. The third-order valence-corrected chi connectivity index (χ3v) is 4.93. The summed E-state index contributed by atoms with van der Waals surface area (Å²) in [4.78, 5) is 37.8. The standard InChI is InChI=1S/C22H24N2O4/c1-15(25)17-6-8-19(9-7-17)24-14-18(13-21(24)26)22(27)23-11-10-16-4-3-5-20(12-16)28-2/h3-9,12,18H,10-11,13-14H2,1-2H3,(H,23,27). The van der Waals surface area contributed by atoms with Gasteiger partial charge >= 0.3 is 0 Å². The number of Topliss-reactive ketones (excluding diaryl/α,β-unsaturated/α-hetero) is 1. The molecule has 6 heteroatoms. The number of ketones is 1. The largest absolute Gasteiger partial charge is 0.497 e. The molecule has 0 aliphatic carbocycles. The molecule has 1 N–H and O–H groups in total. The van der Waals surface area contributed by atoms with E-state index in [1.165, 1.54) is 6.92 Å². The molecule has 1 fully saturated rings. The van der Waals surface area contributed by atoms with E-state index in [1.54, 1.807) is 36.3 Å². The summed E-state index contributed by atoms with van der Waals surface area (Å²) in [5, 5.41) is 2.92. The van der Waals surface area contributed by atoms with Crippen molar-refractivity contribution in [3.63, 3.8) is 0 Å². The lowest BCUT2D eigenvalue weighted by atomic mass is 10.1.